The van der Waals surface area contributed by atoms with Gasteiger partial charge in [-0.25, -0.2) is 4.39 Å². The van der Waals surface area contributed by atoms with E-state index in [1.165, 1.54) is 17.0 Å². The molecule has 6 nitrogen and oxygen atoms in total. The third-order valence-corrected chi connectivity index (χ3v) is 5.90. The highest BCUT2D eigenvalue weighted by atomic mass is 19.1. The minimum atomic E-state index is -0.894. The second-order valence-corrected chi connectivity index (χ2v) is 8.44. The Morgan fingerprint density at radius 3 is 2.34 bits per heavy atom. The highest BCUT2D eigenvalue weighted by Crippen LogP contribution is 2.25. The number of rotatable bonds is 10. The van der Waals surface area contributed by atoms with Gasteiger partial charge in [0.15, 0.2) is 6.61 Å². The van der Waals surface area contributed by atoms with Gasteiger partial charge in [-0.05, 0) is 48.2 Å². The van der Waals surface area contributed by atoms with Crippen molar-refractivity contribution in [1.29, 1.82) is 0 Å². The molecular weight excluding hydrogens is 447 g/mol. The van der Waals surface area contributed by atoms with E-state index in [1.807, 2.05) is 48.5 Å². The first-order chi connectivity index (χ1) is 17.1. The zero-order valence-electron chi connectivity index (χ0n) is 19.4. The van der Waals surface area contributed by atoms with Gasteiger partial charge >= 0.3 is 0 Å². The Bertz CT molecular complexity index is 1090. The fraction of sp³-hybridized carbons (Fsp3) is 0.286. The Labute approximate surface area is 204 Å². The van der Waals surface area contributed by atoms with Gasteiger partial charge in [0.25, 0.3) is 5.91 Å². The van der Waals surface area contributed by atoms with Crippen molar-refractivity contribution in [3.8, 4) is 5.75 Å². The minimum Gasteiger partial charge on any atom is -0.484 e. The average Bonchev–Trinajstić information content (AvgIpc) is 3.42. The summed E-state index contributed by atoms with van der Waals surface area (Å²) in [6.45, 7) is 0.938. The van der Waals surface area contributed by atoms with Crippen molar-refractivity contribution in [1.82, 2.24) is 10.2 Å². The van der Waals surface area contributed by atoms with Crippen LogP contribution in [0.25, 0.3) is 0 Å². The van der Waals surface area contributed by atoms with Crippen LogP contribution in [-0.2, 0) is 20.9 Å². The van der Waals surface area contributed by atoms with Gasteiger partial charge in [-0.1, -0.05) is 60.7 Å². The van der Waals surface area contributed by atoms with E-state index in [9.17, 15) is 14.0 Å². The van der Waals surface area contributed by atoms with Gasteiger partial charge in [0.2, 0.25) is 5.91 Å². The van der Waals surface area contributed by atoms with E-state index < -0.39 is 6.04 Å². The van der Waals surface area contributed by atoms with Crippen LogP contribution >= 0.6 is 0 Å². The standard InChI is InChI=1S/C28H29FN2O4/c29-23-15-13-21(14-16-23)19-31(26(32)20-35-24-10-5-2-6-11-24)27(22-8-3-1-4-9-22)28(33)30-18-25-12-7-17-34-25/h1-6,8-11,13-16,25,27H,7,12,17-20H2,(H,30,33). The molecule has 0 spiro atoms. The van der Waals surface area contributed by atoms with Gasteiger partial charge in [0.05, 0.1) is 6.10 Å². The van der Waals surface area contributed by atoms with Crippen molar-refractivity contribution in [3.63, 3.8) is 0 Å². The van der Waals surface area contributed by atoms with Crippen LogP contribution < -0.4 is 10.1 Å². The first-order valence-corrected chi connectivity index (χ1v) is 11.8. The van der Waals surface area contributed by atoms with Gasteiger partial charge in [-0.3, -0.25) is 9.59 Å². The molecule has 1 aliphatic rings. The van der Waals surface area contributed by atoms with Crippen molar-refractivity contribution in [3.05, 3.63) is 102 Å². The molecule has 1 aliphatic heterocycles. The quantitative estimate of drug-likeness (QED) is 0.475. The number of nitrogens with one attached hydrogen (secondary N) is 1. The van der Waals surface area contributed by atoms with Crippen molar-refractivity contribution >= 4 is 11.8 Å². The summed E-state index contributed by atoms with van der Waals surface area (Å²) in [6, 6.07) is 23.2. The van der Waals surface area contributed by atoms with Gasteiger partial charge < -0.3 is 19.7 Å². The minimum absolute atomic E-state index is 0.0296. The molecule has 1 N–H and O–H groups in total. The molecule has 1 heterocycles. The fourth-order valence-corrected chi connectivity index (χ4v) is 4.08. The molecule has 0 radical (unpaired) electrons. The maximum atomic E-state index is 13.5. The van der Waals surface area contributed by atoms with Crippen molar-refractivity contribution in [2.45, 2.75) is 31.5 Å². The van der Waals surface area contributed by atoms with Crippen LogP contribution in [0, 0.1) is 5.82 Å². The molecule has 2 atom stereocenters. The van der Waals surface area contributed by atoms with E-state index >= 15 is 0 Å². The first-order valence-electron chi connectivity index (χ1n) is 11.8. The largest absolute Gasteiger partial charge is 0.484 e. The second-order valence-electron chi connectivity index (χ2n) is 8.44. The molecule has 1 fully saturated rings. The topological polar surface area (TPSA) is 67.9 Å². The zero-order valence-corrected chi connectivity index (χ0v) is 19.4. The lowest BCUT2D eigenvalue weighted by Gasteiger charge is -2.32. The smallest absolute Gasteiger partial charge is 0.261 e. The number of para-hydroxylation sites is 1. The lowest BCUT2D eigenvalue weighted by molar-refractivity contribution is -0.143. The number of carbonyl (C=O) groups excluding carboxylic acids is 2. The predicted molar refractivity (Wildman–Crippen MR) is 130 cm³/mol. The van der Waals surface area contributed by atoms with E-state index in [-0.39, 0.29) is 36.9 Å². The number of nitrogens with zero attached hydrogens (tertiary/aromatic N) is 1. The van der Waals surface area contributed by atoms with E-state index in [0.29, 0.717) is 30.0 Å². The van der Waals surface area contributed by atoms with Crippen LogP contribution in [0.15, 0.2) is 84.9 Å². The van der Waals surface area contributed by atoms with E-state index in [1.54, 1.807) is 24.3 Å². The molecule has 2 unspecified atom stereocenters. The Kier molecular flexibility index (Phi) is 8.46. The highest BCUT2D eigenvalue weighted by Gasteiger charge is 2.32. The van der Waals surface area contributed by atoms with Crippen molar-refractivity contribution < 1.29 is 23.5 Å². The summed E-state index contributed by atoms with van der Waals surface area (Å²) < 4.78 is 24.9. The second kappa shape index (κ2) is 12.1. The maximum absolute atomic E-state index is 13.5. The predicted octanol–water partition coefficient (Wildman–Crippen LogP) is 4.27. The lowest BCUT2D eigenvalue weighted by Crippen LogP contribution is -2.46. The number of amides is 2. The van der Waals surface area contributed by atoms with Gasteiger partial charge in [0, 0.05) is 19.7 Å². The summed E-state index contributed by atoms with van der Waals surface area (Å²) >= 11 is 0. The Hall–Kier alpha value is -3.71. The fourth-order valence-electron chi connectivity index (χ4n) is 4.08. The summed E-state index contributed by atoms with van der Waals surface area (Å²) in [7, 11) is 0. The number of hydrogen-bond donors (Lipinski definition) is 1. The first kappa shape index (κ1) is 24.4. The summed E-state index contributed by atoms with van der Waals surface area (Å²) in [5, 5.41) is 2.97. The SMILES string of the molecule is O=C(NCC1CCCO1)C(c1ccccc1)N(Cc1ccc(F)cc1)C(=O)COc1ccccc1. The molecule has 3 aromatic carbocycles. The van der Waals surface area contributed by atoms with Crippen molar-refractivity contribution in [2.24, 2.45) is 0 Å². The third kappa shape index (κ3) is 6.90. The average molecular weight is 477 g/mol. The monoisotopic (exact) mass is 476 g/mol. The Morgan fingerprint density at radius 1 is 1.00 bits per heavy atom. The molecular formula is C28H29FN2O4. The molecule has 1 saturated heterocycles. The molecule has 3 aromatic rings. The number of halogens is 1. The van der Waals surface area contributed by atoms with Gasteiger partial charge in [-0.2, -0.15) is 0 Å². The molecule has 0 aromatic heterocycles. The molecule has 2 amide bonds. The number of benzene rings is 3. The molecule has 4 rings (SSSR count). The third-order valence-electron chi connectivity index (χ3n) is 5.90. The molecule has 0 aliphatic carbocycles. The van der Waals surface area contributed by atoms with Crippen LogP contribution in [0.4, 0.5) is 4.39 Å². The lowest BCUT2D eigenvalue weighted by atomic mass is 10.0. The number of hydrogen-bond acceptors (Lipinski definition) is 4. The molecule has 182 valence electrons. The molecule has 0 bridgehead atoms. The number of carbonyl (C=O) groups is 2. The van der Waals surface area contributed by atoms with E-state index in [4.69, 9.17) is 9.47 Å². The van der Waals surface area contributed by atoms with Crippen LogP contribution in [0.1, 0.15) is 30.0 Å². The maximum Gasteiger partial charge on any atom is 0.261 e. The Morgan fingerprint density at radius 2 is 1.69 bits per heavy atom. The van der Waals surface area contributed by atoms with E-state index in [2.05, 4.69) is 5.32 Å². The zero-order chi connectivity index (χ0) is 24.5. The van der Waals surface area contributed by atoms with Gasteiger partial charge in [-0.15, -0.1) is 0 Å². The highest BCUT2D eigenvalue weighted by molar-refractivity contribution is 5.89. The van der Waals surface area contributed by atoms with Crippen LogP contribution in [0.3, 0.4) is 0 Å². The summed E-state index contributed by atoms with van der Waals surface area (Å²) in [5.74, 6) is -0.476. The Balaban J connectivity index is 1.60. The molecule has 0 saturated carbocycles. The summed E-state index contributed by atoms with van der Waals surface area (Å²) in [6.07, 6.45) is 1.83. The van der Waals surface area contributed by atoms with Crippen LogP contribution in [-0.4, -0.2) is 42.6 Å². The van der Waals surface area contributed by atoms with Gasteiger partial charge in [0.1, 0.15) is 17.6 Å². The van der Waals surface area contributed by atoms with Crippen LogP contribution in [0.2, 0.25) is 0 Å². The summed E-state index contributed by atoms with van der Waals surface area (Å²) in [4.78, 5) is 28.5. The number of ether oxygens (including phenoxy) is 2. The molecule has 35 heavy (non-hydrogen) atoms. The van der Waals surface area contributed by atoms with E-state index in [0.717, 1.165) is 12.8 Å². The van der Waals surface area contributed by atoms with Crippen LogP contribution in [0.5, 0.6) is 5.75 Å². The summed E-state index contributed by atoms with van der Waals surface area (Å²) in [5.41, 5.74) is 1.37. The van der Waals surface area contributed by atoms with Crippen molar-refractivity contribution in [2.75, 3.05) is 19.8 Å². The molecule has 7 heteroatoms. The normalized spacial score (nSPS) is 15.9.